The molecule has 230 valence electrons. The van der Waals surface area contributed by atoms with Crippen molar-refractivity contribution in [3.63, 3.8) is 0 Å². The maximum atomic E-state index is 13.1. The summed E-state index contributed by atoms with van der Waals surface area (Å²) in [7, 11) is 3.08. The fraction of sp³-hybridized carbons (Fsp3) is 0.242. The van der Waals surface area contributed by atoms with Gasteiger partial charge in [-0.2, -0.15) is 0 Å². The number of halogens is 2. The van der Waals surface area contributed by atoms with Crippen LogP contribution in [0.4, 0.5) is 16.2 Å². The molecule has 0 saturated heterocycles. The normalized spacial score (nSPS) is 11.1. The summed E-state index contributed by atoms with van der Waals surface area (Å²) in [5.74, 6) is 1.41. The minimum atomic E-state index is -0.595. The molecule has 0 fully saturated rings. The van der Waals surface area contributed by atoms with E-state index >= 15 is 0 Å². The molecule has 0 saturated carbocycles. The van der Waals surface area contributed by atoms with Gasteiger partial charge in [0.25, 0.3) is 0 Å². The van der Waals surface area contributed by atoms with Gasteiger partial charge in [0.15, 0.2) is 0 Å². The molecule has 0 aliphatic rings. The van der Waals surface area contributed by atoms with E-state index in [2.05, 4.69) is 15.6 Å². The van der Waals surface area contributed by atoms with Crippen LogP contribution >= 0.6 is 23.2 Å². The third kappa shape index (κ3) is 8.12. The van der Waals surface area contributed by atoms with Crippen molar-refractivity contribution in [3.05, 3.63) is 99.3 Å². The van der Waals surface area contributed by atoms with Crippen molar-refractivity contribution < 1.29 is 23.8 Å². The highest BCUT2D eigenvalue weighted by atomic mass is 35.5. The first-order valence-corrected chi connectivity index (χ1v) is 14.4. The number of carbonyl (C=O) groups excluding carboxylic acids is 2. The molecule has 44 heavy (non-hydrogen) atoms. The molecule has 11 heteroatoms. The third-order valence-corrected chi connectivity index (χ3v) is 7.54. The van der Waals surface area contributed by atoms with E-state index in [9.17, 15) is 9.59 Å². The zero-order chi connectivity index (χ0) is 32.0. The predicted octanol–water partition coefficient (Wildman–Crippen LogP) is 7.76. The van der Waals surface area contributed by atoms with Gasteiger partial charge in [-0.05, 0) is 52.9 Å². The Labute approximate surface area is 266 Å². The van der Waals surface area contributed by atoms with Gasteiger partial charge < -0.3 is 30.6 Å². The van der Waals surface area contributed by atoms with Gasteiger partial charge in [-0.15, -0.1) is 0 Å². The number of primary amides is 1. The molecule has 1 heterocycles. The quantitative estimate of drug-likeness (QED) is 0.163. The van der Waals surface area contributed by atoms with Crippen LogP contribution in [0.3, 0.4) is 0 Å². The van der Waals surface area contributed by atoms with Crippen molar-refractivity contribution in [1.29, 1.82) is 0 Å². The molecule has 3 amide bonds. The molecule has 3 aromatic carbocycles. The first kappa shape index (κ1) is 32.4. The Hall–Kier alpha value is -4.47. The number of pyridine rings is 1. The van der Waals surface area contributed by atoms with Crippen LogP contribution < -0.4 is 30.6 Å². The topological polar surface area (TPSA) is 125 Å². The van der Waals surface area contributed by atoms with Crippen molar-refractivity contribution in [1.82, 2.24) is 4.98 Å². The summed E-state index contributed by atoms with van der Waals surface area (Å²) < 4.78 is 16.9. The largest absolute Gasteiger partial charge is 0.497 e. The number of benzene rings is 3. The number of hydrogen-bond acceptors (Lipinski definition) is 6. The Kier molecular flexibility index (Phi) is 10.2. The Morgan fingerprint density at radius 2 is 1.64 bits per heavy atom. The molecule has 1 aromatic heterocycles. The number of aromatic nitrogens is 1. The number of methoxy groups -OCH3 is 2. The molecular formula is C33H34Cl2N4O5. The second-order valence-corrected chi connectivity index (χ2v) is 11.8. The zero-order valence-corrected chi connectivity index (χ0v) is 26.6. The molecular weight excluding hydrogens is 603 g/mol. The molecule has 0 radical (unpaired) electrons. The fourth-order valence-electron chi connectivity index (χ4n) is 4.49. The van der Waals surface area contributed by atoms with E-state index in [-0.39, 0.29) is 27.6 Å². The molecule has 0 unspecified atom stereocenters. The summed E-state index contributed by atoms with van der Waals surface area (Å²) in [4.78, 5) is 29.3. The van der Waals surface area contributed by atoms with Crippen LogP contribution in [0.15, 0.2) is 66.9 Å². The summed E-state index contributed by atoms with van der Waals surface area (Å²) in [5.41, 5.74) is 9.10. The van der Waals surface area contributed by atoms with Crippen molar-refractivity contribution in [2.75, 3.05) is 24.9 Å². The van der Waals surface area contributed by atoms with Crippen LogP contribution in [-0.4, -0.2) is 31.1 Å². The van der Waals surface area contributed by atoms with Gasteiger partial charge in [0.2, 0.25) is 5.91 Å². The first-order chi connectivity index (χ1) is 20.9. The Morgan fingerprint density at radius 1 is 0.886 bits per heavy atom. The average Bonchev–Trinajstić information content (AvgIpc) is 2.96. The molecule has 4 aromatic rings. The molecule has 4 N–H and O–H groups in total. The van der Waals surface area contributed by atoms with Gasteiger partial charge in [0.05, 0.1) is 37.0 Å². The number of rotatable bonds is 10. The van der Waals surface area contributed by atoms with Gasteiger partial charge >= 0.3 is 6.03 Å². The van der Waals surface area contributed by atoms with Gasteiger partial charge in [0.1, 0.15) is 28.0 Å². The number of urea groups is 1. The third-order valence-electron chi connectivity index (χ3n) is 6.68. The molecule has 0 aliphatic heterocycles. The van der Waals surface area contributed by atoms with Crippen LogP contribution in [-0.2, 0) is 23.1 Å². The van der Waals surface area contributed by atoms with Gasteiger partial charge in [-0.1, -0.05) is 62.2 Å². The van der Waals surface area contributed by atoms with Gasteiger partial charge in [0, 0.05) is 29.9 Å². The molecule has 0 atom stereocenters. The van der Waals surface area contributed by atoms with E-state index in [1.165, 1.54) is 7.11 Å². The van der Waals surface area contributed by atoms with Gasteiger partial charge in [-0.3, -0.25) is 9.78 Å². The number of nitrogens with two attached hydrogens (primary N) is 1. The van der Waals surface area contributed by atoms with E-state index in [4.69, 9.17) is 43.1 Å². The number of nitrogens with zero attached hydrogens (tertiary/aromatic N) is 1. The van der Waals surface area contributed by atoms with E-state index in [0.29, 0.717) is 34.9 Å². The Morgan fingerprint density at radius 3 is 2.32 bits per heavy atom. The Bertz CT molecular complexity index is 1690. The first-order valence-electron chi connectivity index (χ1n) is 13.7. The SMILES string of the molecule is COc1cccc(Cc2cc(Oc3ccc(NC(=O)Nc4cc(C(C)(C)C)cc(CC(N)=O)c4OC)c(Cl)c3Cl)ccn2)c1. The molecule has 4 rings (SSSR count). The molecule has 9 nitrogen and oxygen atoms in total. The summed E-state index contributed by atoms with van der Waals surface area (Å²) >= 11 is 13.1. The minimum Gasteiger partial charge on any atom is -0.497 e. The van der Waals surface area contributed by atoms with Crippen molar-refractivity contribution in [2.24, 2.45) is 5.73 Å². The lowest BCUT2D eigenvalue weighted by molar-refractivity contribution is -0.117. The van der Waals surface area contributed by atoms with Crippen molar-refractivity contribution >= 4 is 46.5 Å². The van der Waals surface area contributed by atoms with E-state index in [1.54, 1.807) is 37.6 Å². The van der Waals surface area contributed by atoms with Crippen LogP contribution in [0.1, 0.15) is 43.2 Å². The lowest BCUT2D eigenvalue weighted by atomic mass is 9.85. The van der Waals surface area contributed by atoms with Crippen LogP contribution in [0.25, 0.3) is 0 Å². The number of ether oxygens (including phenoxy) is 3. The second kappa shape index (κ2) is 13.9. The van der Waals surface area contributed by atoms with Crippen molar-refractivity contribution in [3.8, 4) is 23.0 Å². The molecule has 0 bridgehead atoms. The van der Waals surface area contributed by atoms with E-state index in [0.717, 1.165) is 22.6 Å². The predicted molar refractivity (Wildman–Crippen MR) is 174 cm³/mol. The van der Waals surface area contributed by atoms with E-state index < -0.39 is 11.9 Å². The lowest BCUT2D eigenvalue weighted by Crippen LogP contribution is -2.22. The number of nitrogens with one attached hydrogen (secondary N) is 2. The lowest BCUT2D eigenvalue weighted by Gasteiger charge is -2.23. The van der Waals surface area contributed by atoms with Crippen LogP contribution in [0.2, 0.25) is 10.0 Å². The second-order valence-electron chi connectivity index (χ2n) is 11.0. The van der Waals surface area contributed by atoms with Crippen molar-refractivity contribution in [2.45, 2.75) is 39.0 Å². The monoisotopic (exact) mass is 636 g/mol. The summed E-state index contributed by atoms with van der Waals surface area (Å²) in [6, 6.07) is 17.5. The van der Waals surface area contributed by atoms with Crippen LogP contribution in [0.5, 0.6) is 23.0 Å². The summed E-state index contributed by atoms with van der Waals surface area (Å²) in [5, 5.41) is 5.72. The standard InChI is InChI=1S/C33H34Cl2N4O5/c1-33(2,3)21-15-20(16-28(36)40)31(43-5)26(17-21)39-32(41)38-25-9-10-27(30(35)29(25)34)44-24-11-12-37-22(18-24)13-19-7-6-8-23(14-19)42-4/h6-12,14-15,17-18H,13,16H2,1-5H3,(H2,36,40)(H2,38,39,41). The number of carbonyl (C=O) groups is 2. The maximum Gasteiger partial charge on any atom is 0.323 e. The van der Waals surface area contributed by atoms with E-state index in [1.807, 2.05) is 57.2 Å². The number of hydrogen-bond donors (Lipinski definition) is 3. The number of amides is 3. The Balaban J connectivity index is 1.51. The summed E-state index contributed by atoms with van der Waals surface area (Å²) in [6.45, 7) is 6.06. The van der Waals surface area contributed by atoms with Gasteiger partial charge in [-0.25, -0.2) is 4.79 Å². The van der Waals surface area contributed by atoms with Crippen LogP contribution in [0, 0.1) is 0 Å². The zero-order valence-electron chi connectivity index (χ0n) is 25.1. The molecule has 0 aliphatic carbocycles. The minimum absolute atomic E-state index is 0.0493. The fourth-order valence-corrected chi connectivity index (χ4v) is 4.90. The number of anilines is 2. The average molecular weight is 638 g/mol. The highest BCUT2D eigenvalue weighted by Crippen LogP contribution is 2.40. The smallest absolute Gasteiger partial charge is 0.323 e. The summed E-state index contributed by atoms with van der Waals surface area (Å²) in [6.07, 6.45) is 2.18. The molecule has 0 spiro atoms. The highest BCUT2D eigenvalue weighted by Gasteiger charge is 2.22. The highest BCUT2D eigenvalue weighted by molar-refractivity contribution is 6.45. The maximum absolute atomic E-state index is 13.1.